The first kappa shape index (κ1) is 18.4. The molecule has 1 aromatic carbocycles. The van der Waals surface area contributed by atoms with Crippen LogP contribution in [-0.4, -0.2) is 34.3 Å². The van der Waals surface area contributed by atoms with E-state index in [1.807, 2.05) is 30.3 Å². The van der Waals surface area contributed by atoms with Gasteiger partial charge in [0.05, 0.1) is 6.20 Å². The summed E-state index contributed by atoms with van der Waals surface area (Å²) in [4.78, 5) is 14.1. The summed E-state index contributed by atoms with van der Waals surface area (Å²) in [5, 5.41) is 9.59. The zero-order chi connectivity index (χ0) is 18.7. The molecule has 1 fully saturated rings. The number of carbonyl (C=O) groups excluding carboxylic acids is 1. The molecule has 1 aromatic heterocycles. The van der Waals surface area contributed by atoms with Gasteiger partial charge < -0.3 is 4.74 Å². The van der Waals surface area contributed by atoms with Crippen molar-refractivity contribution in [3.63, 3.8) is 0 Å². The van der Waals surface area contributed by atoms with Crippen LogP contribution in [0, 0.1) is 17.8 Å². The molecule has 0 saturated heterocycles. The monoisotopic (exact) mass is 356 g/mol. The SMILES string of the molecule is CC1CCC(C(C)C)C(OC(=O)N(C)n2cc(-c3ccccc3)nn2)C1. The fraction of sp³-hybridized carbons (Fsp3) is 0.550. The largest absolute Gasteiger partial charge is 0.445 e. The summed E-state index contributed by atoms with van der Waals surface area (Å²) in [5.74, 6) is 1.50. The van der Waals surface area contributed by atoms with Gasteiger partial charge in [-0.15, -0.1) is 5.10 Å². The molecular weight excluding hydrogens is 328 g/mol. The number of hydrogen-bond donors (Lipinski definition) is 0. The quantitative estimate of drug-likeness (QED) is 0.827. The first-order valence-electron chi connectivity index (χ1n) is 9.38. The standard InChI is InChI=1S/C20H28N4O2/c1-14(2)17-11-10-15(3)12-19(17)26-20(25)23(4)24-13-18(21-22-24)16-8-6-5-7-9-16/h5-9,13-15,17,19H,10-12H2,1-4H3. The molecule has 0 bridgehead atoms. The molecule has 1 aliphatic rings. The van der Waals surface area contributed by atoms with Crippen LogP contribution in [0.1, 0.15) is 40.0 Å². The van der Waals surface area contributed by atoms with Gasteiger partial charge in [-0.3, -0.25) is 0 Å². The predicted octanol–water partition coefficient (Wildman–Crippen LogP) is 4.11. The normalized spacial score (nSPS) is 23.0. The van der Waals surface area contributed by atoms with Gasteiger partial charge in [0.2, 0.25) is 0 Å². The van der Waals surface area contributed by atoms with Crippen LogP contribution in [0.3, 0.4) is 0 Å². The van der Waals surface area contributed by atoms with Gasteiger partial charge in [0.1, 0.15) is 11.8 Å². The lowest BCUT2D eigenvalue weighted by Crippen LogP contribution is -2.43. The van der Waals surface area contributed by atoms with E-state index >= 15 is 0 Å². The minimum atomic E-state index is -0.390. The van der Waals surface area contributed by atoms with Gasteiger partial charge in [-0.25, -0.2) is 9.80 Å². The van der Waals surface area contributed by atoms with Crippen LogP contribution in [0.5, 0.6) is 0 Å². The third kappa shape index (κ3) is 4.06. The zero-order valence-corrected chi connectivity index (χ0v) is 16.0. The molecule has 2 aromatic rings. The lowest BCUT2D eigenvalue weighted by atomic mass is 9.75. The Bertz CT molecular complexity index is 728. The fourth-order valence-electron chi connectivity index (χ4n) is 3.68. The number of hydrogen-bond acceptors (Lipinski definition) is 4. The number of nitrogens with zero attached hydrogens (tertiary/aromatic N) is 4. The van der Waals surface area contributed by atoms with E-state index in [2.05, 4.69) is 31.1 Å². The van der Waals surface area contributed by atoms with E-state index in [0.29, 0.717) is 17.8 Å². The molecule has 6 heteroatoms. The lowest BCUT2D eigenvalue weighted by Gasteiger charge is -2.37. The summed E-state index contributed by atoms with van der Waals surface area (Å²) in [7, 11) is 1.66. The highest BCUT2D eigenvalue weighted by Gasteiger charge is 2.34. The number of carbonyl (C=O) groups is 1. The zero-order valence-electron chi connectivity index (χ0n) is 16.0. The summed E-state index contributed by atoms with van der Waals surface area (Å²) in [5.41, 5.74) is 1.68. The number of rotatable bonds is 4. The number of aromatic nitrogens is 3. The topological polar surface area (TPSA) is 60.2 Å². The molecule has 0 radical (unpaired) electrons. The van der Waals surface area contributed by atoms with Gasteiger partial charge in [0.15, 0.2) is 0 Å². The Morgan fingerprint density at radius 2 is 2.00 bits per heavy atom. The van der Waals surface area contributed by atoms with E-state index in [0.717, 1.165) is 24.1 Å². The fourth-order valence-corrected chi connectivity index (χ4v) is 3.68. The number of ether oxygens (including phenoxy) is 1. The van der Waals surface area contributed by atoms with Crippen molar-refractivity contribution in [3.8, 4) is 11.3 Å². The van der Waals surface area contributed by atoms with E-state index in [4.69, 9.17) is 4.74 Å². The minimum absolute atomic E-state index is 0.0363. The van der Waals surface area contributed by atoms with Crippen LogP contribution in [-0.2, 0) is 4.74 Å². The lowest BCUT2D eigenvalue weighted by molar-refractivity contribution is 0.00735. The molecule has 1 amide bonds. The minimum Gasteiger partial charge on any atom is -0.445 e. The average molecular weight is 356 g/mol. The molecule has 3 unspecified atom stereocenters. The van der Waals surface area contributed by atoms with Crippen molar-refractivity contribution >= 4 is 6.09 Å². The second-order valence-corrected chi connectivity index (χ2v) is 7.66. The van der Waals surface area contributed by atoms with E-state index in [1.165, 1.54) is 16.2 Å². The van der Waals surface area contributed by atoms with Crippen molar-refractivity contribution in [2.24, 2.45) is 17.8 Å². The molecule has 0 aliphatic heterocycles. The Balaban J connectivity index is 1.68. The van der Waals surface area contributed by atoms with Crippen LogP contribution in [0.4, 0.5) is 4.79 Å². The molecule has 1 saturated carbocycles. The molecule has 1 heterocycles. The van der Waals surface area contributed by atoms with Crippen molar-refractivity contribution in [3.05, 3.63) is 36.5 Å². The first-order chi connectivity index (χ1) is 12.5. The maximum absolute atomic E-state index is 12.6. The van der Waals surface area contributed by atoms with Gasteiger partial charge in [0, 0.05) is 12.6 Å². The van der Waals surface area contributed by atoms with Gasteiger partial charge in [-0.2, -0.15) is 4.79 Å². The van der Waals surface area contributed by atoms with Crippen molar-refractivity contribution in [2.45, 2.75) is 46.1 Å². The molecular formula is C20H28N4O2. The maximum atomic E-state index is 12.6. The van der Waals surface area contributed by atoms with Gasteiger partial charge in [-0.05, 0) is 35.8 Å². The van der Waals surface area contributed by atoms with Crippen LogP contribution in [0.25, 0.3) is 11.3 Å². The van der Waals surface area contributed by atoms with Crippen LogP contribution >= 0.6 is 0 Å². The smallest absolute Gasteiger partial charge is 0.430 e. The summed E-state index contributed by atoms with van der Waals surface area (Å²) in [6.45, 7) is 6.63. The predicted molar refractivity (Wildman–Crippen MR) is 101 cm³/mol. The van der Waals surface area contributed by atoms with Gasteiger partial charge in [-0.1, -0.05) is 57.5 Å². The molecule has 1 aliphatic carbocycles. The average Bonchev–Trinajstić information content (AvgIpc) is 3.11. The highest BCUT2D eigenvalue weighted by Crippen LogP contribution is 2.35. The van der Waals surface area contributed by atoms with Crippen molar-refractivity contribution in [1.82, 2.24) is 15.1 Å². The molecule has 6 nitrogen and oxygen atoms in total. The number of amides is 1. The molecule has 0 N–H and O–H groups in total. The van der Waals surface area contributed by atoms with Crippen molar-refractivity contribution < 1.29 is 9.53 Å². The summed E-state index contributed by atoms with van der Waals surface area (Å²) in [6.07, 6.45) is 4.55. The van der Waals surface area contributed by atoms with E-state index < -0.39 is 0 Å². The second-order valence-electron chi connectivity index (χ2n) is 7.66. The Kier molecular flexibility index (Phi) is 5.59. The molecule has 3 rings (SSSR count). The van der Waals surface area contributed by atoms with E-state index in [1.54, 1.807) is 13.2 Å². The van der Waals surface area contributed by atoms with Gasteiger partial charge in [0.25, 0.3) is 0 Å². The molecule has 0 spiro atoms. The highest BCUT2D eigenvalue weighted by molar-refractivity contribution is 5.78. The Labute approximate surface area is 155 Å². The second kappa shape index (κ2) is 7.89. The van der Waals surface area contributed by atoms with E-state index in [-0.39, 0.29) is 12.2 Å². The third-order valence-corrected chi connectivity index (χ3v) is 5.34. The summed E-state index contributed by atoms with van der Waals surface area (Å²) >= 11 is 0. The number of benzene rings is 1. The van der Waals surface area contributed by atoms with Crippen LogP contribution in [0.2, 0.25) is 0 Å². The Morgan fingerprint density at radius 3 is 2.69 bits per heavy atom. The van der Waals surface area contributed by atoms with E-state index in [9.17, 15) is 4.79 Å². The highest BCUT2D eigenvalue weighted by atomic mass is 16.6. The Morgan fingerprint density at radius 1 is 1.27 bits per heavy atom. The maximum Gasteiger partial charge on any atom is 0.430 e. The third-order valence-electron chi connectivity index (χ3n) is 5.34. The molecule has 140 valence electrons. The van der Waals surface area contributed by atoms with Crippen molar-refractivity contribution in [1.29, 1.82) is 0 Å². The van der Waals surface area contributed by atoms with Gasteiger partial charge >= 0.3 is 6.09 Å². The first-order valence-corrected chi connectivity index (χ1v) is 9.38. The van der Waals surface area contributed by atoms with Crippen LogP contribution < -0.4 is 5.01 Å². The van der Waals surface area contributed by atoms with Crippen molar-refractivity contribution in [2.75, 3.05) is 12.1 Å². The molecule has 3 atom stereocenters. The summed E-state index contributed by atoms with van der Waals surface area (Å²) < 4.78 is 5.87. The Hall–Kier alpha value is -2.37. The van der Waals surface area contributed by atoms with Crippen LogP contribution in [0.15, 0.2) is 36.5 Å². The summed E-state index contributed by atoms with van der Waals surface area (Å²) in [6, 6.07) is 9.77. The molecule has 26 heavy (non-hydrogen) atoms.